The second kappa shape index (κ2) is 7.30. The molecule has 0 spiro atoms. The van der Waals surface area contributed by atoms with E-state index in [0.717, 1.165) is 18.7 Å². The summed E-state index contributed by atoms with van der Waals surface area (Å²) >= 11 is 0. The summed E-state index contributed by atoms with van der Waals surface area (Å²) < 4.78 is 5.12. The third kappa shape index (κ3) is 4.75. The molecule has 1 aromatic carbocycles. The van der Waals surface area contributed by atoms with Crippen molar-refractivity contribution >= 4 is 0 Å². The monoisotopic (exact) mass is 237 g/mol. The topological polar surface area (TPSA) is 41.5 Å². The minimum Gasteiger partial charge on any atom is -0.497 e. The van der Waals surface area contributed by atoms with E-state index < -0.39 is 0 Å². The Balaban J connectivity index is 2.47. The van der Waals surface area contributed by atoms with Crippen LogP contribution in [0.3, 0.4) is 0 Å². The van der Waals surface area contributed by atoms with Gasteiger partial charge in [-0.25, -0.2) is 0 Å². The van der Waals surface area contributed by atoms with Crippen LogP contribution >= 0.6 is 0 Å². The van der Waals surface area contributed by atoms with Gasteiger partial charge in [-0.05, 0) is 30.0 Å². The van der Waals surface area contributed by atoms with Crippen LogP contribution in [0.2, 0.25) is 0 Å². The van der Waals surface area contributed by atoms with E-state index in [1.165, 1.54) is 5.56 Å². The molecule has 2 N–H and O–H groups in total. The highest BCUT2D eigenvalue weighted by atomic mass is 16.5. The summed E-state index contributed by atoms with van der Waals surface area (Å²) in [7, 11) is 1.67. The summed E-state index contributed by atoms with van der Waals surface area (Å²) in [6.07, 6.45) is 0.799. The summed E-state index contributed by atoms with van der Waals surface area (Å²) in [6.45, 7) is 5.40. The van der Waals surface area contributed by atoms with E-state index in [2.05, 4.69) is 31.3 Å². The Kier molecular flexibility index (Phi) is 6.01. The van der Waals surface area contributed by atoms with Crippen molar-refractivity contribution in [3.63, 3.8) is 0 Å². The summed E-state index contributed by atoms with van der Waals surface area (Å²) in [5.41, 5.74) is 1.23. The van der Waals surface area contributed by atoms with Gasteiger partial charge in [0.2, 0.25) is 0 Å². The number of hydrogen-bond donors (Lipinski definition) is 2. The molecule has 0 amide bonds. The first-order valence-electron chi connectivity index (χ1n) is 6.14. The van der Waals surface area contributed by atoms with E-state index in [-0.39, 0.29) is 6.61 Å². The lowest BCUT2D eigenvalue weighted by Crippen LogP contribution is -2.34. The first-order valence-corrected chi connectivity index (χ1v) is 6.14. The van der Waals surface area contributed by atoms with Crippen molar-refractivity contribution in [2.75, 3.05) is 13.7 Å². The lowest BCUT2D eigenvalue weighted by atomic mass is 10.0. The maximum atomic E-state index is 8.99. The number of rotatable bonds is 7. The van der Waals surface area contributed by atoms with Crippen molar-refractivity contribution in [1.82, 2.24) is 5.32 Å². The number of benzene rings is 1. The van der Waals surface area contributed by atoms with E-state index in [4.69, 9.17) is 9.84 Å². The van der Waals surface area contributed by atoms with Gasteiger partial charge in [-0.15, -0.1) is 0 Å². The average molecular weight is 237 g/mol. The minimum absolute atomic E-state index is 0.235. The first kappa shape index (κ1) is 14.0. The molecule has 0 saturated carbocycles. The fourth-order valence-electron chi connectivity index (χ4n) is 1.80. The zero-order chi connectivity index (χ0) is 12.7. The molecule has 17 heavy (non-hydrogen) atoms. The van der Waals surface area contributed by atoms with Crippen molar-refractivity contribution < 1.29 is 9.84 Å². The molecule has 0 aliphatic heterocycles. The van der Waals surface area contributed by atoms with Crippen LogP contribution in [-0.2, 0) is 6.54 Å². The summed E-state index contributed by atoms with van der Waals surface area (Å²) in [5.74, 6) is 1.41. The number of aliphatic hydroxyl groups excluding tert-OH is 1. The molecule has 1 atom stereocenters. The predicted molar refractivity (Wildman–Crippen MR) is 70.2 cm³/mol. The average Bonchev–Trinajstić information content (AvgIpc) is 2.34. The molecule has 96 valence electrons. The van der Waals surface area contributed by atoms with Gasteiger partial charge in [0.15, 0.2) is 0 Å². The Morgan fingerprint density at radius 3 is 2.35 bits per heavy atom. The van der Waals surface area contributed by atoms with Gasteiger partial charge in [0.1, 0.15) is 5.75 Å². The molecule has 0 aromatic heterocycles. The van der Waals surface area contributed by atoms with Crippen LogP contribution in [0.25, 0.3) is 0 Å². The summed E-state index contributed by atoms with van der Waals surface area (Å²) in [6, 6.07) is 8.41. The maximum absolute atomic E-state index is 8.99. The van der Waals surface area contributed by atoms with Crippen molar-refractivity contribution in [3.8, 4) is 5.75 Å². The number of ether oxygens (including phenoxy) is 1. The van der Waals surface area contributed by atoms with E-state index in [9.17, 15) is 0 Å². The standard InChI is InChI=1S/C14H23NO2/c1-11(2)14(8-9-16)15-10-12-4-6-13(17-3)7-5-12/h4-7,11,14-16H,8-10H2,1-3H3. The molecule has 0 bridgehead atoms. The lowest BCUT2D eigenvalue weighted by molar-refractivity contribution is 0.244. The van der Waals surface area contributed by atoms with E-state index in [0.29, 0.717) is 12.0 Å². The van der Waals surface area contributed by atoms with E-state index in [1.807, 2.05) is 12.1 Å². The second-order valence-electron chi connectivity index (χ2n) is 4.59. The lowest BCUT2D eigenvalue weighted by Gasteiger charge is -2.21. The Bertz CT molecular complexity index is 309. The van der Waals surface area contributed by atoms with Crippen molar-refractivity contribution in [2.45, 2.75) is 32.9 Å². The second-order valence-corrected chi connectivity index (χ2v) is 4.59. The van der Waals surface area contributed by atoms with Gasteiger partial charge in [-0.2, -0.15) is 0 Å². The maximum Gasteiger partial charge on any atom is 0.118 e. The Morgan fingerprint density at radius 1 is 1.24 bits per heavy atom. The molecule has 0 saturated heterocycles. The third-order valence-electron chi connectivity index (χ3n) is 2.97. The van der Waals surface area contributed by atoms with Crippen LogP contribution in [0, 0.1) is 5.92 Å². The van der Waals surface area contributed by atoms with Crippen LogP contribution in [0.4, 0.5) is 0 Å². The highest BCUT2D eigenvalue weighted by Crippen LogP contribution is 2.12. The number of methoxy groups -OCH3 is 1. The van der Waals surface area contributed by atoms with Gasteiger partial charge in [0.05, 0.1) is 7.11 Å². The number of hydrogen-bond acceptors (Lipinski definition) is 3. The molecule has 0 radical (unpaired) electrons. The fraction of sp³-hybridized carbons (Fsp3) is 0.571. The molecule has 3 nitrogen and oxygen atoms in total. The highest BCUT2D eigenvalue weighted by Gasteiger charge is 2.11. The number of nitrogens with one attached hydrogen (secondary N) is 1. The van der Waals surface area contributed by atoms with Crippen LogP contribution in [0.5, 0.6) is 5.75 Å². The predicted octanol–water partition coefficient (Wildman–Crippen LogP) is 2.19. The molecular formula is C14H23NO2. The molecule has 1 unspecified atom stereocenters. The van der Waals surface area contributed by atoms with Crippen LogP contribution in [0.15, 0.2) is 24.3 Å². The molecule has 1 rings (SSSR count). The zero-order valence-electron chi connectivity index (χ0n) is 10.9. The molecular weight excluding hydrogens is 214 g/mol. The molecule has 3 heteroatoms. The normalized spacial score (nSPS) is 12.8. The van der Waals surface area contributed by atoms with Gasteiger partial charge in [-0.3, -0.25) is 0 Å². The molecule has 1 aromatic rings. The first-order chi connectivity index (χ1) is 8.17. The van der Waals surface area contributed by atoms with Gasteiger partial charge >= 0.3 is 0 Å². The smallest absolute Gasteiger partial charge is 0.118 e. The Labute approximate surface area is 104 Å². The van der Waals surface area contributed by atoms with Gasteiger partial charge < -0.3 is 15.2 Å². The third-order valence-corrected chi connectivity index (χ3v) is 2.97. The zero-order valence-corrected chi connectivity index (χ0v) is 10.9. The number of aliphatic hydroxyl groups is 1. The van der Waals surface area contributed by atoms with Gasteiger partial charge in [0, 0.05) is 19.2 Å². The van der Waals surface area contributed by atoms with Crippen molar-refractivity contribution in [3.05, 3.63) is 29.8 Å². The van der Waals surface area contributed by atoms with Gasteiger partial charge in [-0.1, -0.05) is 26.0 Å². The summed E-state index contributed by atoms with van der Waals surface area (Å²) in [5, 5.41) is 12.5. The molecule has 0 aliphatic rings. The largest absolute Gasteiger partial charge is 0.497 e. The fourth-order valence-corrected chi connectivity index (χ4v) is 1.80. The van der Waals surface area contributed by atoms with Crippen LogP contribution in [0.1, 0.15) is 25.8 Å². The summed E-state index contributed by atoms with van der Waals surface area (Å²) in [4.78, 5) is 0. The van der Waals surface area contributed by atoms with Gasteiger partial charge in [0.25, 0.3) is 0 Å². The highest BCUT2D eigenvalue weighted by molar-refractivity contribution is 5.27. The van der Waals surface area contributed by atoms with Crippen LogP contribution in [-0.4, -0.2) is 24.9 Å². The SMILES string of the molecule is COc1ccc(CNC(CCO)C(C)C)cc1. The molecule has 0 aliphatic carbocycles. The van der Waals surface area contributed by atoms with Crippen molar-refractivity contribution in [1.29, 1.82) is 0 Å². The molecule has 0 heterocycles. The Morgan fingerprint density at radius 2 is 1.88 bits per heavy atom. The minimum atomic E-state index is 0.235. The van der Waals surface area contributed by atoms with Crippen molar-refractivity contribution in [2.24, 2.45) is 5.92 Å². The van der Waals surface area contributed by atoms with E-state index in [1.54, 1.807) is 7.11 Å². The quantitative estimate of drug-likeness (QED) is 0.764. The Hall–Kier alpha value is -1.06. The van der Waals surface area contributed by atoms with Crippen LogP contribution < -0.4 is 10.1 Å². The van der Waals surface area contributed by atoms with E-state index >= 15 is 0 Å². The molecule has 0 fully saturated rings.